The third-order valence-electron chi connectivity index (χ3n) is 1.41. The highest BCUT2D eigenvalue weighted by atomic mass is 14.7. The van der Waals surface area contributed by atoms with E-state index in [4.69, 9.17) is 6.57 Å². The minimum Gasteiger partial charge on any atom is -0.243 e. The lowest BCUT2D eigenvalue weighted by Crippen LogP contribution is -1.85. The Balaban J connectivity index is 2.53. The third-order valence-corrected chi connectivity index (χ3v) is 1.41. The summed E-state index contributed by atoms with van der Waals surface area (Å²) < 4.78 is 0. The van der Waals surface area contributed by atoms with E-state index in [0.717, 1.165) is 18.5 Å². The van der Waals surface area contributed by atoms with Gasteiger partial charge in [0.1, 0.15) is 0 Å². The van der Waals surface area contributed by atoms with Crippen LogP contribution in [0.2, 0.25) is 0 Å². The molecule has 1 aliphatic rings. The first-order valence-corrected chi connectivity index (χ1v) is 3.00. The smallest absolute Gasteiger partial charge is 0.161 e. The van der Waals surface area contributed by atoms with Crippen molar-refractivity contribution < 1.29 is 0 Å². The predicted molar refractivity (Wildman–Crippen MR) is 33.2 cm³/mol. The van der Waals surface area contributed by atoms with Crippen LogP contribution in [0, 0.1) is 6.57 Å². The van der Waals surface area contributed by atoms with Crippen LogP contribution in [0.5, 0.6) is 0 Å². The van der Waals surface area contributed by atoms with Crippen molar-refractivity contribution >= 4 is 0 Å². The number of hydrogen-bond donors (Lipinski definition) is 0. The van der Waals surface area contributed by atoms with Crippen molar-refractivity contribution in [3.05, 3.63) is 23.2 Å². The van der Waals surface area contributed by atoms with Gasteiger partial charge < -0.3 is 0 Å². The molecule has 0 atom stereocenters. The SMILES string of the molecule is [C-]#[N+]C1=CCCCC1. The van der Waals surface area contributed by atoms with Gasteiger partial charge >= 0.3 is 0 Å². The maximum Gasteiger partial charge on any atom is 0.161 e. The molecule has 42 valence electrons. The Morgan fingerprint density at radius 3 is 2.75 bits per heavy atom. The third kappa shape index (κ3) is 1.10. The first kappa shape index (κ1) is 5.37. The van der Waals surface area contributed by atoms with Crippen LogP contribution < -0.4 is 0 Å². The van der Waals surface area contributed by atoms with Crippen molar-refractivity contribution in [2.45, 2.75) is 25.7 Å². The van der Waals surface area contributed by atoms with Gasteiger partial charge in [-0.05, 0) is 12.8 Å². The fraction of sp³-hybridized carbons (Fsp3) is 0.571. The number of allylic oxidation sites excluding steroid dienone is 2. The van der Waals surface area contributed by atoms with Gasteiger partial charge in [-0.3, -0.25) is 0 Å². The molecule has 0 saturated heterocycles. The lowest BCUT2D eigenvalue weighted by Gasteiger charge is -2.03. The summed E-state index contributed by atoms with van der Waals surface area (Å²) >= 11 is 0. The molecular weight excluding hydrogens is 98.1 g/mol. The van der Waals surface area contributed by atoms with Crippen LogP contribution in [0.3, 0.4) is 0 Å². The van der Waals surface area contributed by atoms with E-state index in [0.29, 0.717) is 0 Å². The van der Waals surface area contributed by atoms with E-state index in [1.165, 1.54) is 12.8 Å². The maximum absolute atomic E-state index is 6.65. The summed E-state index contributed by atoms with van der Waals surface area (Å²) in [7, 11) is 0. The Morgan fingerprint density at radius 2 is 2.38 bits per heavy atom. The molecule has 1 nitrogen and oxygen atoms in total. The number of hydrogen-bond acceptors (Lipinski definition) is 0. The highest BCUT2D eigenvalue weighted by Gasteiger charge is 2.00. The average Bonchev–Trinajstić information content (AvgIpc) is 1.90. The van der Waals surface area contributed by atoms with Gasteiger partial charge in [-0.1, -0.05) is 18.9 Å². The van der Waals surface area contributed by atoms with Crippen molar-refractivity contribution in [3.8, 4) is 0 Å². The van der Waals surface area contributed by atoms with Crippen molar-refractivity contribution in [2.75, 3.05) is 0 Å². The van der Waals surface area contributed by atoms with Crippen LogP contribution in [0.4, 0.5) is 0 Å². The molecule has 0 aromatic heterocycles. The van der Waals surface area contributed by atoms with E-state index in [-0.39, 0.29) is 0 Å². The van der Waals surface area contributed by atoms with Crippen LogP contribution >= 0.6 is 0 Å². The minimum absolute atomic E-state index is 0.969. The van der Waals surface area contributed by atoms with Crippen LogP contribution in [-0.2, 0) is 0 Å². The first-order chi connectivity index (χ1) is 3.93. The van der Waals surface area contributed by atoms with E-state index < -0.39 is 0 Å². The molecule has 0 heterocycles. The summed E-state index contributed by atoms with van der Waals surface area (Å²) in [5, 5.41) is 0. The zero-order valence-electron chi connectivity index (χ0n) is 4.85. The maximum atomic E-state index is 6.65. The van der Waals surface area contributed by atoms with Crippen LogP contribution in [-0.4, -0.2) is 0 Å². The van der Waals surface area contributed by atoms with Gasteiger partial charge in [0.05, 0.1) is 6.57 Å². The van der Waals surface area contributed by atoms with Crippen LogP contribution in [0.1, 0.15) is 25.7 Å². The molecule has 1 heteroatoms. The zero-order chi connectivity index (χ0) is 5.82. The lowest BCUT2D eigenvalue weighted by atomic mass is 10.1. The van der Waals surface area contributed by atoms with E-state index in [1.807, 2.05) is 0 Å². The molecule has 1 aliphatic carbocycles. The molecule has 0 aromatic rings. The van der Waals surface area contributed by atoms with Crippen molar-refractivity contribution in [1.82, 2.24) is 0 Å². The molecule has 0 unspecified atom stereocenters. The Bertz CT molecular complexity index is 139. The molecule has 0 spiro atoms. The van der Waals surface area contributed by atoms with Gasteiger partial charge in [-0.15, -0.1) is 0 Å². The number of nitrogens with zero attached hydrogens (tertiary/aromatic N) is 1. The van der Waals surface area contributed by atoms with Crippen molar-refractivity contribution in [2.24, 2.45) is 0 Å². The van der Waals surface area contributed by atoms with Gasteiger partial charge in [0, 0.05) is 0 Å². The summed E-state index contributed by atoms with van der Waals surface area (Å²) in [4.78, 5) is 3.36. The summed E-state index contributed by atoms with van der Waals surface area (Å²) in [5.74, 6) is 0. The van der Waals surface area contributed by atoms with Gasteiger partial charge in [0.25, 0.3) is 0 Å². The molecule has 0 fully saturated rings. The Morgan fingerprint density at radius 1 is 1.50 bits per heavy atom. The Labute approximate surface area is 49.8 Å². The fourth-order valence-electron chi connectivity index (χ4n) is 0.923. The molecule has 0 aliphatic heterocycles. The second-order valence-corrected chi connectivity index (χ2v) is 2.05. The number of rotatable bonds is 0. The lowest BCUT2D eigenvalue weighted by molar-refractivity contribution is 0.711. The molecule has 0 aromatic carbocycles. The first-order valence-electron chi connectivity index (χ1n) is 3.00. The second kappa shape index (κ2) is 2.52. The highest BCUT2D eigenvalue weighted by Crippen LogP contribution is 2.17. The topological polar surface area (TPSA) is 4.36 Å². The van der Waals surface area contributed by atoms with Crippen molar-refractivity contribution in [1.29, 1.82) is 0 Å². The summed E-state index contributed by atoms with van der Waals surface area (Å²) in [6.07, 6.45) is 6.69. The summed E-state index contributed by atoms with van der Waals surface area (Å²) in [6, 6.07) is 0. The van der Waals surface area contributed by atoms with Crippen molar-refractivity contribution in [3.63, 3.8) is 0 Å². The molecule has 0 radical (unpaired) electrons. The molecular formula is C7H9N. The fourth-order valence-corrected chi connectivity index (χ4v) is 0.923. The normalized spacial score (nSPS) is 19.1. The van der Waals surface area contributed by atoms with E-state index in [1.54, 1.807) is 0 Å². The van der Waals surface area contributed by atoms with E-state index >= 15 is 0 Å². The van der Waals surface area contributed by atoms with Crippen LogP contribution in [0.15, 0.2) is 11.8 Å². The van der Waals surface area contributed by atoms with Gasteiger partial charge in [-0.2, -0.15) is 0 Å². The standard InChI is InChI=1S/C7H9N/c1-8-7-5-3-2-4-6-7/h5H,2-4,6H2. The Kier molecular flexibility index (Phi) is 1.69. The van der Waals surface area contributed by atoms with Gasteiger partial charge in [-0.25, -0.2) is 4.85 Å². The molecule has 0 bridgehead atoms. The summed E-state index contributed by atoms with van der Waals surface area (Å²) in [6.45, 7) is 6.65. The highest BCUT2D eigenvalue weighted by molar-refractivity contribution is 5.11. The molecule has 0 N–H and O–H groups in total. The van der Waals surface area contributed by atoms with E-state index in [2.05, 4.69) is 10.9 Å². The zero-order valence-corrected chi connectivity index (χ0v) is 4.85. The predicted octanol–water partition coefficient (Wildman–Crippen LogP) is 2.36. The molecule has 0 amide bonds. The second-order valence-electron chi connectivity index (χ2n) is 2.05. The largest absolute Gasteiger partial charge is 0.243 e. The summed E-state index contributed by atoms with van der Waals surface area (Å²) in [5.41, 5.74) is 0.969. The monoisotopic (exact) mass is 107 g/mol. The molecule has 8 heavy (non-hydrogen) atoms. The van der Waals surface area contributed by atoms with Crippen LogP contribution in [0.25, 0.3) is 4.85 Å². The van der Waals surface area contributed by atoms with Gasteiger partial charge in [0.2, 0.25) is 0 Å². The van der Waals surface area contributed by atoms with Gasteiger partial charge in [0.15, 0.2) is 5.70 Å². The molecule has 0 saturated carbocycles. The van der Waals surface area contributed by atoms with E-state index in [9.17, 15) is 0 Å². The Hall–Kier alpha value is -0.770. The average molecular weight is 107 g/mol. The minimum atomic E-state index is 0.969. The quantitative estimate of drug-likeness (QED) is 0.418. The molecule has 1 rings (SSSR count).